The standard InChI is InChI=1S/C22H26N2O6/c1-13-7-6-8-14(2)20(13)24-19(25)12-23-21(26)15(3)30-22(27)16-9-10-17(28-4)18(11-16)29-5/h6-11,15H,12H2,1-5H3,(H,23,26)(H,24,25)/t15-/m1/s1. The minimum absolute atomic E-state index is 0.208. The number of benzene rings is 2. The minimum atomic E-state index is -1.08. The molecule has 0 saturated heterocycles. The summed E-state index contributed by atoms with van der Waals surface area (Å²) in [5, 5.41) is 5.24. The van der Waals surface area contributed by atoms with Gasteiger partial charge in [-0.15, -0.1) is 0 Å². The number of anilines is 1. The van der Waals surface area contributed by atoms with E-state index in [-0.39, 0.29) is 18.0 Å². The smallest absolute Gasteiger partial charge is 0.339 e. The molecule has 0 aliphatic rings. The molecule has 160 valence electrons. The van der Waals surface area contributed by atoms with Gasteiger partial charge in [-0.1, -0.05) is 18.2 Å². The molecule has 2 amide bonds. The van der Waals surface area contributed by atoms with Gasteiger partial charge in [-0.2, -0.15) is 0 Å². The first-order valence-corrected chi connectivity index (χ1v) is 9.33. The van der Waals surface area contributed by atoms with Gasteiger partial charge in [0.25, 0.3) is 5.91 Å². The number of carbonyl (C=O) groups is 3. The number of carbonyl (C=O) groups excluding carboxylic acids is 3. The molecule has 2 aromatic carbocycles. The van der Waals surface area contributed by atoms with E-state index in [1.54, 1.807) is 6.07 Å². The van der Waals surface area contributed by atoms with Crippen LogP contribution in [0.15, 0.2) is 36.4 Å². The van der Waals surface area contributed by atoms with Crippen LogP contribution in [0.4, 0.5) is 5.69 Å². The summed E-state index contributed by atoms with van der Waals surface area (Å²) in [4.78, 5) is 36.7. The monoisotopic (exact) mass is 414 g/mol. The van der Waals surface area contributed by atoms with Crippen LogP contribution in [0.2, 0.25) is 0 Å². The van der Waals surface area contributed by atoms with Gasteiger partial charge in [-0.25, -0.2) is 4.79 Å². The lowest BCUT2D eigenvalue weighted by Crippen LogP contribution is -2.40. The van der Waals surface area contributed by atoms with Gasteiger partial charge in [-0.05, 0) is 50.1 Å². The van der Waals surface area contributed by atoms with E-state index < -0.39 is 18.0 Å². The van der Waals surface area contributed by atoms with Gasteiger partial charge in [0, 0.05) is 5.69 Å². The van der Waals surface area contributed by atoms with Gasteiger partial charge in [0.1, 0.15) is 0 Å². The van der Waals surface area contributed by atoms with Crippen molar-refractivity contribution in [2.24, 2.45) is 0 Å². The Morgan fingerprint density at radius 3 is 2.20 bits per heavy atom. The molecular formula is C22H26N2O6. The average molecular weight is 414 g/mol. The summed E-state index contributed by atoms with van der Waals surface area (Å²) in [6.45, 7) is 4.95. The van der Waals surface area contributed by atoms with Crippen molar-refractivity contribution in [3.8, 4) is 11.5 Å². The second kappa shape index (κ2) is 10.3. The molecule has 0 fully saturated rings. The molecule has 0 heterocycles. The van der Waals surface area contributed by atoms with Gasteiger partial charge in [0.2, 0.25) is 5.91 Å². The van der Waals surface area contributed by atoms with Gasteiger partial charge in [0.05, 0.1) is 26.3 Å². The number of amides is 2. The number of methoxy groups -OCH3 is 2. The lowest BCUT2D eigenvalue weighted by molar-refractivity contribution is -0.130. The van der Waals surface area contributed by atoms with Crippen molar-refractivity contribution in [2.75, 3.05) is 26.1 Å². The maximum atomic E-state index is 12.3. The first-order chi connectivity index (χ1) is 14.3. The highest BCUT2D eigenvalue weighted by atomic mass is 16.5. The Bertz CT molecular complexity index is 921. The number of hydrogen-bond acceptors (Lipinski definition) is 6. The summed E-state index contributed by atoms with van der Waals surface area (Å²) in [5.74, 6) is -0.819. The van der Waals surface area contributed by atoms with Crippen LogP contribution in [0.25, 0.3) is 0 Å². The summed E-state index contributed by atoms with van der Waals surface area (Å²) in [5.41, 5.74) is 2.77. The van der Waals surface area contributed by atoms with Crippen LogP contribution in [-0.2, 0) is 14.3 Å². The van der Waals surface area contributed by atoms with E-state index in [9.17, 15) is 14.4 Å². The molecule has 8 nitrogen and oxygen atoms in total. The summed E-state index contributed by atoms with van der Waals surface area (Å²) in [6.07, 6.45) is -1.08. The second-order valence-electron chi connectivity index (χ2n) is 6.65. The molecule has 2 rings (SSSR count). The molecule has 0 aliphatic carbocycles. The summed E-state index contributed by atoms with van der Waals surface area (Å²) >= 11 is 0. The van der Waals surface area contributed by atoms with Gasteiger partial charge < -0.3 is 24.8 Å². The fraction of sp³-hybridized carbons (Fsp3) is 0.318. The van der Waals surface area contributed by atoms with E-state index >= 15 is 0 Å². The Morgan fingerprint density at radius 2 is 1.60 bits per heavy atom. The SMILES string of the molecule is COc1ccc(C(=O)O[C@H](C)C(=O)NCC(=O)Nc2c(C)cccc2C)cc1OC. The predicted octanol–water partition coefficient (Wildman–Crippen LogP) is 2.62. The number of ether oxygens (including phenoxy) is 3. The van der Waals surface area contributed by atoms with Crippen LogP contribution < -0.4 is 20.1 Å². The lowest BCUT2D eigenvalue weighted by atomic mass is 10.1. The van der Waals surface area contributed by atoms with E-state index in [1.165, 1.54) is 33.3 Å². The first-order valence-electron chi connectivity index (χ1n) is 9.33. The van der Waals surface area contributed by atoms with E-state index in [1.807, 2.05) is 32.0 Å². The van der Waals surface area contributed by atoms with E-state index in [0.717, 1.165) is 11.1 Å². The Kier molecular flexibility index (Phi) is 7.80. The first kappa shape index (κ1) is 22.7. The third-order valence-electron chi connectivity index (χ3n) is 4.44. The number of rotatable bonds is 8. The molecule has 0 bridgehead atoms. The van der Waals surface area contributed by atoms with Gasteiger partial charge in [0.15, 0.2) is 17.6 Å². The third-order valence-corrected chi connectivity index (χ3v) is 4.44. The van der Waals surface area contributed by atoms with E-state index in [4.69, 9.17) is 14.2 Å². The largest absolute Gasteiger partial charge is 0.493 e. The normalized spacial score (nSPS) is 11.2. The highest BCUT2D eigenvalue weighted by Gasteiger charge is 2.20. The summed E-state index contributed by atoms with van der Waals surface area (Å²) in [7, 11) is 2.94. The molecule has 8 heteroatoms. The summed E-state index contributed by atoms with van der Waals surface area (Å²) < 4.78 is 15.5. The van der Waals surface area contributed by atoms with Crippen molar-refractivity contribution < 1.29 is 28.6 Å². The Labute approximate surface area is 175 Å². The number of aryl methyl sites for hydroxylation is 2. The van der Waals surface area contributed by atoms with Crippen molar-refractivity contribution in [3.05, 3.63) is 53.1 Å². The quantitative estimate of drug-likeness (QED) is 0.644. The molecule has 2 aromatic rings. The van der Waals surface area contributed by atoms with Crippen LogP contribution in [0.3, 0.4) is 0 Å². The predicted molar refractivity (Wildman–Crippen MR) is 112 cm³/mol. The zero-order valence-electron chi connectivity index (χ0n) is 17.7. The van der Waals surface area contributed by atoms with Crippen molar-refractivity contribution >= 4 is 23.5 Å². The van der Waals surface area contributed by atoms with Crippen LogP contribution in [-0.4, -0.2) is 44.7 Å². The van der Waals surface area contributed by atoms with Crippen LogP contribution in [0.5, 0.6) is 11.5 Å². The molecular weight excluding hydrogens is 388 g/mol. The van der Waals surface area contributed by atoms with E-state index in [2.05, 4.69) is 10.6 Å². The number of esters is 1. The van der Waals surface area contributed by atoms with Gasteiger partial charge in [-0.3, -0.25) is 9.59 Å². The van der Waals surface area contributed by atoms with Crippen LogP contribution in [0.1, 0.15) is 28.4 Å². The molecule has 0 unspecified atom stereocenters. The number of nitrogens with one attached hydrogen (secondary N) is 2. The van der Waals surface area contributed by atoms with Crippen LogP contribution in [0, 0.1) is 13.8 Å². The Hall–Kier alpha value is -3.55. The van der Waals surface area contributed by atoms with Crippen molar-refractivity contribution in [1.29, 1.82) is 0 Å². The number of para-hydroxylation sites is 1. The summed E-state index contributed by atoms with van der Waals surface area (Å²) in [6, 6.07) is 10.2. The molecule has 0 radical (unpaired) electrons. The van der Waals surface area contributed by atoms with E-state index in [0.29, 0.717) is 17.2 Å². The topological polar surface area (TPSA) is 103 Å². The van der Waals surface area contributed by atoms with Crippen LogP contribution >= 0.6 is 0 Å². The fourth-order valence-electron chi connectivity index (χ4n) is 2.75. The molecule has 2 N–H and O–H groups in total. The zero-order valence-corrected chi connectivity index (χ0v) is 17.7. The zero-order chi connectivity index (χ0) is 22.3. The van der Waals surface area contributed by atoms with Crippen molar-refractivity contribution in [2.45, 2.75) is 26.9 Å². The highest BCUT2D eigenvalue weighted by Crippen LogP contribution is 2.28. The molecule has 0 saturated carbocycles. The number of hydrogen-bond donors (Lipinski definition) is 2. The van der Waals surface area contributed by atoms with Gasteiger partial charge >= 0.3 is 5.97 Å². The molecule has 30 heavy (non-hydrogen) atoms. The highest BCUT2D eigenvalue weighted by molar-refractivity contribution is 5.97. The maximum absolute atomic E-state index is 12.3. The maximum Gasteiger partial charge on any atom is 0.339 e. The molecule has 0 aliphatic heterocycles. The minimum Gasteiger partial charge on any atom is -0.493 e. The molecule has 1 atom stereocenters. The fourth-order valence-corrected chi connectivity index (χ4v) is 2.75. The Morgan fingerprint density at radius 1 is 0.967 bits per heavy atom. The van der Waals surface area contributed by atoms with Crippen molar-refractivity contribution in [1.82, 2.24) is 5.32 Å². The molecule has 0 aromatic heterocycles. The third kappa shape index (κ3) is 5.73. The second-order valence-corrected chi connectivity index (χ2v) is 6.65. The lowest BCUT2D eigenvalue weighted by Gasteiger charge is -2.15. The molecule has 0 spiro atoms. The average Bonchev–Trinajstić information content (AvgIpc) is 2.73. The Balaban J connectivity index is 1.90. The van der Waals surface area contributed by atoms with Crippen molar-refractivity contribution in [3.63, 3.8) is 0 Å².